The first-order valence-corrected chi connectivity index (χ1v) is 13.5. The Morgan fingerprint density at radius 3 is 2.03 bits per heavy atom. The number of unbranched alkanes of at least 4 members (excludes halogenated alkanes) is 12. The summed E-state index contributed by atoms with van der Waals surface area (Å²) >= 11 is 0. The Kier molecular flexibility index (Phi) is 17.9. The minimum Gasteiger partial charge on any atom is -0.450 e. The van der Waals surface area contributed by atoms with E-state index in [1.54, 1.807) is 0 Å². The van der Waals surface area contributed by atoms with Gasteiger partial charge in [0.25, 0.3) is 0 Å². The fourth-order valence-corrected chi connectivity index (χ4v) is 4.33. The first-order valence-electron chi connectivity index (χ1n) is 13.5. The van der Waals surface area contributed by atoms with Crippen LogP contribution in [-0.2, 0) is 9.47 Å². The summed E-state index contributed by atoms with van der Waals surface area (Å²) in [6.45, 7) is 8.21. The summed E-state index contributed by atoms with van der Waals surface area (Å²) in [5.41, 5.74) is 0. The number of aliphatic hydroxyl groups excluding tert-OH is 1. The summed E-state index contributed by atoms with van der Waals surface area (Å²) < 4.78 is 10.6. The second kappa shape index (κ2) is 19.6. The number of aliphatic hydroxyl groups is 1. The van der Waals surface area contributed by atoms with Crippen LogP contribution in [-0.4, -0.2) is 49.3 Å². The predicted molar refractivity (Wildman–Crippen MR) is 132 cm³/mol. The van der Waals surface area contributed by atoms with Crippen LogP contribution >= 0.6 is 0 Å². The quantitative estimate of drug-likeness (QED) is 0.198. The first kappa shape index (κ1) is 29.2. The maximum atomic E-state index is 12.2. The highest BCUT2D eigenvalue weighted by Crippen LogP contribution is 2.13. The van der Waals surface area contributed by atoms with Crippen LogP contribution in [0.2, 0.25) is 0 Å². The van der Waals surface area contributed by atoms with Gasteiger partial charge in [0.15, 0.2) is 6.29 Å². The summed E-state index contributed by atoms with van der Waals surface area (Å²) in [7, 11) is 0. The minimum absolute atomic E-state index is 0.0121. The van der Waals surface area contributed by atoms with E-state index in [0.717, 1.165) is 25.7 Å². The maximum absolute atomic E-state index is 12.2. The van der Waals surface area contributed by atoms with E-state index in [1.807, 2.05) is 0 Å². The van der Waals surface area contributed by atoms with Crippen molar-refractivity contribution < 1.29 is 19.4 Å². The van der Waals surface area contributed by atoms with Gasteiger partial charge in [-0.25, -0.2) is 4.79 Å². The van der Waals surface area contributed by atoms with Crippen LogP contribution in [0.15, 0.2) is 0 Å². The van der Waals surface area contributed by atoms with E-state index in [4.69, 9.17) is 9.47 Å². The van der Waals surface area contributed by atoms with E-state index < -0.39 is 6.29 Å². The Morgan fingerprint density at radius 1 is 0.969 bits per heavy atom. The predicted octanol–water partition coefficient (Wildman–Crippen LogP) is 5.92. The Balaban J connectivity index is 1.99. The molecule has 6 heteroatoms. The summed E-state index contributed by atoms with van der Waals surface area (Å²) in [4.78, 5) is 12.2. The lowest BCUT2D eigenvalue weighted by Crippen LogP contribution is -2.47. The number of carbonyl (C=O) groups excluding carboxylic acids is 1. The smallest absolute Gasteiger partial charge is 0.407 e. The number of rotatable bonds is 20. The van der Waals surface area contributed by atoms with E-state index >= 15 is 0 Å². The fourth-order valence-electron chi connectivity index (χ4n) is 4.33. The lowest BCUT2D eigenvalue weighted by molar-refractivity contribution is -0.0718. The van der Waals surface area contributed by atoms with Crippen LogP contribution in [0.3, 0.4) is 0 Å². The molecule has 1 heterocycles. The lowest BCUT2D eigenvalue weighted by Gasteiger charge is -2.23. The van der Waals surface area contributed by atoms with Gasteiger partial charge in [-0.05, 0) is 25.2 Å². The molecule has 0 bridgehead atoms. The van der Waals surface area contributed by atoms with Crippen molar-refractivity contribution in [3.63, 3.8) is 0 Å². The molecule has 1 aliphatic heterocycles. The van der Waals surface area contributed by atoms with Gasteiger partial charge in [-0.15, -0.1) is 0 Å². The van der Waals surface area contributed by atoms with Gasteiger partial charge >= 0.3 is 6.09 Å². The van der Waals surface area contributed by atoms with Gasteiger partial charge in [-0.1, -0.05) is 97.8 Å². The average molecular weight is 457 g/mol. The topological polar surface area (TPSA) is 79.8 Å². The molecule has 0 aromatic heterocycles. The molecular weight excluding hydrogens is 404 g/mol. The molecule has 190 valence electrons. The number of carbonyl (C=O) groups is 1. The van der Waals surface area contributed by atoms with Gasteiger partial charge in [-0.3, -0.25) is 0 Å². The second-order valence-corrected chi connectivity index (χ2v) is 9.91. The van der Waals surface area contributed by atoms with Crippen LogP contribution < -0.4 is 10.6 Å². The summed E-state index contributed by atoms with van der Waals surface area (Å²) in [5.74, 6) is 0.466. The minimum atomic E-state index is -0.753. The van der Waals surface area contributed by atoms with Gasteiger partial charge in [0, 0.05) is 12.6 Å². The molecule has 3 atom stereocenters. The number of nitrogens with one attached hydrogen (secondary N) is 2. The van der Waals surface area contributed by atoms with Crippen LogP contribution in [0.25, 0.3) is 0 Å². The van der Waals surface area contributed by atoms with Crippen LogP contribution in [0.1, 0.15) is 117 Å². The SMILES string of the molecule is CCCCCCCCCCCCCCCOC(=O)N[C@@H](CN[C@H]1CCOC1O)CC(C)C. The second-order valence-electron chi connectivity index (χ2n) is 9.91. The van der Waals surface area contributed by atoms with E-state index in [9.17, 15) is 9.90 Å². The molecule has 32 heavy (non-hydrogen) atoms. The highest BCUT2D eigenvalue weighted by Gasteiger charge is 2.26. The molecule has 0 aliphatic carbocycles. The molecule has 6 nitrogen and oxygen atoms in total. The maximum Gasteiger partial charge on any atom is 0.407 e. The van der Waals surface area contributed by atoms with Crippen molar-refractivity contribution in [2.75, 3.05) is 19.8 Å². The monoisotopic (exact) mass is 456 g/mol. The van der Waals surface area contributed by atoms with Gasteiger partial charge in [0.1, 0.15) is 0 Å². The Morgan fingerprint density at radius 2 is 1.53 bits per heavy atom. The van der Waals surface area contributed by atoms with E-state index in [2.05, 4.69) is 31.4 Å². The molecular formula is C26H52N2O4. The molecule has 0 radical (unpaired) electrons. The zero-order valence-electron chi connectivity index (χ0n) is 21.2. The van der Waals surface area contributed by atoms with Crippen LogP contribution in [0.4, 0.5) is 4.79 Å². The third kappa shape index (κ3) is 15.9. The number of hydrogen-bond acceptors (Lipinski definition) is 5. The molecule has 1 fully saturated rings. The number of ether oxygens (including phenoxy) is 2. The number of hydrogen-bond donors (Lipinski definition) is 3. The van der Waals surface area contributed by atoms with Gasteiger partial charge in [-0.2, -0.15) is 0 Å². The average Bonchev–Trinajstić information content (AvgIpc) is 3.16. The first-order chi connectivity index (χ1) is 15.5. The molecule has 1 rings (SSSR count). The summed E-state index contributed by atoms with van der Waals surface area (Å²) in [6, 6.07) is -0.0739. The third-order valence-corrected chi connectivity index (χ3v) is 6.25. The van der Waals surface area contributed by atoms with Crippen molar-refractivity contribution in [2.24, 2.45) is 5.92 Å². The molecule has 1 unspecified atom stereocenters. The van der Waals surface area contributed by atoms with Crippen molar-refractivity contribution in [1.82, 2.24) is 10.6 Å². The van der Waals surface area contributed by atoms with Crippen LogP contribution in [0.5, 0.6) is 0 Å². The van der Waals surface area contributed by atoms with Gasteiger partial charge < -0.3 is 25.2 Å². The number of alkyl carbamates (subject to hydrolysis) is 1. The largest absolute Gasteiger partial charge is 0.450 e. The molecule has 0 saturated carbocycles. The normalized spacial score (nSPS) is 19.4. The Labute approximate surface area is 197 Å². The molecule has 0 aromatic carbocycles. The van der Waals surface area contributed by atoms with Gasteiger partial charge in [0.05, 0.1) is 19.3 Å². The van der Waals surface area contributed by atoms with Crippen molar-refractivity contribution in [3.8, 4) is 0 Å². The van der Waals surface area contributed by atoms with Crippen molar-refractivity contribution in [3.05, 3.63) is 0 Å². The molecule has 0 aromatic rings. The van der Waals surface area contributed by atoms with Crippen LogP contribution in [0, 0.1) is 5.92 Å². The van der Waals surface area contributed by atoms with Crippen molar-refractivity contribution in [2.45, 2.75) is 135 Å². The summed E-state index contributed by atoms with van der Waals surface area (Å²) in [5, 5.41) is 16.1. The Bertz CT molecular complexity index is 448. The van der Waals surface area contributed by atoms with E-state index in [1.165, 1.54) is 70.6 Å². The third-order valence-electron chi connectivity index (χ3n) is 6.25. The molecule has 3 N–H and O–H groups in total. The lowest BCUT2D eigenvalue weighted by atomic mass is 10.0. The van der Waals surface area contributed by atoms with Gasteiger partial charge in [0.2, 0.25) is 0 Å². The fraction of sp³-hybridized carbons (Fsp3) is 0.962. The molecule has 1 amide bonds. The summed E-state index contributed by atoms with van der Waals surface area (Å²) in [6.07, 6.45) is 17.6. The van der Waals surface area contributed by atoms with Crippen molar-refractivity contribution >= 4 is 6.09 Å². The Hall–Kier alpha value is -0.850. The zero-order chi connectivity index (χ0) is 23.4. The standard InChI is InChI=1S/C26H52N2O4/c1-4-5-6-7-8-9-10-11-12-13-14-15-16-18-32-26(30)28-23(20-22(2)3)21-27-24-17-19-31-25(24)29/h22-25,27,29H,4-21H2,1-3H3,(H,28,30)/t23-,24+,25?/m1/s1. The molecule has 1 aliphatic rings. The highest BCUT2D eigenvalue weighted by molar-refractivity contribution is 5.67. The molecule has 1 saturated heterocycles. The number of amides is 1. The van der Waals surface area contributed by atoms with E-state index in [-0.39, 0.29) is 18.2 Å². The zero-order valence-corrected chi connectivity index (χ0v) is 21.2. The highest BCUT2D eigenvalue weighted by atomic mass is 16.6. The van der Waals surface area contributed by atoms with E-state index in [0.29, 0.717) is 25.7 Å². The van der Waals surface area contributed by atoms with Crippen molar-refractivity contribution in [1.29, 1.82) is 0 Å². The molecule has 0 spiro atoms.